The maximum absolute atomic E-state index is 7.62. The van der Waals surface area contributed by atoms with E-state index in [2.05, 4.69) is 6.08 Å². The van der Waals surface area contributed by atoms with E-state index in [-0.39, 0.29) is 13.2 Å². The third-order valence-corrected chi connectivity index (χ3v) is 1.23. The molecule has 0 saturated heterocycles. The van der Waals surface area contributed by atoms with Gasteiger partial charge in [0.05, 0.1) is 19.5 Å². The van der Waals surface area contributed by atoms with Crippen molar-refractivity contribution in [1.29, 1.82) is 0 Å². The Morgan fingerprint density at radius 2 is 2.08 bits per heavy atom. The van der Waals surface area contributed by atoms with Crippen LogP contribution in [0.15, 0.2) is 35.0 Å². The monoisotopic (exact) mass is 184 g/mol. The first-order valence-corrected chi connectivity index (χ1v) is 4.20. The molecule has 3 nitrogen and oxygen atoms in total. The molecule has 0 radical (unpaired) electrons. The van der Waals surface area contributed by atoms with E-state index in [0.717, 1.165) is 12.2 Å². The molecule has 0 aliphatic heterocycles. The summed E-state index contributed by atoms with van der Waals surface area (Å²) in [5.74, 6) is 1.02. The van der Waals surface area contributed by atoms with E-state index in [1.807, 2.05) is 25.1 Å². The molecule has 0 aliphatic carbocycles. The first-order valence-electron chi connectivity index (χ1n) is 4.20. The standard InChI is InChI=1S/C8H10O.C2H6O2/c1-2-3-5-8-6-4-7-9-8;3-1-2-4/h2-4,6-7H,5H2,1H3;3-4H,1-2H2/b3-2+;. The lowest BCUT2D eigenvalue weighted by Gasteiger charge is -1.83. The van der Waals surface area contributed by atoms with Crippen molar-refractivity contribution < 1.29 is 14.6 Å². The molecule has 0 bridgehead atoms. The molecule has 3 heteroatoms. The second-order valence-electron chi connectivity index (χ2n) is 2.30. The molecule has 13 heavy (non-hydrogen) atoms. The molecule has 74 valence electrons. The highest BCUT2D eigenvalue weighted by Crippen LogP contribution is 2.00. The van der Waals surface area contributed by atoms with E-state index in [0.29, 0.717) is 0 Å². The highest BCUT2D eigenvalue weighted by molar-refractivity contribution is 5.02. The number of aliphatic hydroxyl groups is 2. The number of hydrogen-bond acceptors (Lipinski definition) is 3. The van der Waals surface area contributed by atoms with Gasteiger partial charge in [0, 0.05) is 6.42 Å². The first-order chi connectivity index (χ1) is 6.35. The molecule has 1 aromatic rings. The summed E-state index contributed by atoms with van der Waals surface area (Å²) in [6.07, 6.45) is 6.68. The third-order valence-electron chi connectivity index (χ3n) is 1.23. The van der Waals surface area contributed by atoms with E-state index in [4.69, 9.17) is 14.6 Å². The van der Waals surface area contributed by atoms with Crippen LogP contribution < -0.4 is 0 Å². The van der Waals surface area contributed by atoms with Gasteiger partial charge in [-0.05, 0) is 19.1 Å². The van der Waals surface area contributed by atoms with Crippen molar-refractivity contribution in [3.05, 3.63) is 36.3 Å². The van der Waals surface area contributed by atoms with Gasteiger partial charge in [0.25, 0.3) is 0 Å². The minimum atomic E-state index is -0.125. The average molecular weight is 184 g/mol. The van der Waals surface area contributed by atoms with Gasteiger partial charge < -0.3 is 14.6 Å². The summed E-state index contributed by atoms with van der Waals surface area (Å²) in [6.45, 7) is 1.75. The molecule has 0 unspecified atom stereocenters. The topological polar surface area (TPSA) is 53.6 Å². The van der Waals surface area contributed by atoms with Crippen molar-refractivity contribution >= 4 is 0 Å². The lowest BCUT2D eigenvalue weighted by Crippen LogP contribution is -1.85. The van der Waals surface area contributed by atoms with Gasteiger partial charge >= 0.3 is 0 Å². The lowest BCUT2D eigenvalue weighted by molar-refractivity contribution is 0.186. The summed E-state index contributed by atoms with van der Waals surface area (Å²) < 4.78 is 5.08. The number of rotatable bonds is 3. The predicted molar refractivity (Wildman–Crippen MR) is 51.4 cm³/mol. The van der Waals surface area contributed by atoms with E-state index < -0.39 is 0 Å². The van der Waals surface area contributed by atoms with Crippen molar-refractivity contribution in [2.75, 3.05) is 13.2 Å². The van der Waals surface area contributed by atoms with E-state index in [1.165, 1.54) is 0 Å². The van der Waals surface area contributed by atoms with Crippen LogP contribution in [0.25, 0.3) is 0 Å². The number of allylic oxidation sites excluding steroid dienone is 2. The number of aliphatic hydroxyl groups excluding tert-OH is 2. The average Bonchev–Trinajstić information content (AvgIpc) is 2.67. The molecule has 1 heterocycles. The van der Waals surface area contributed by atoms with Gasteiger partial charge in [0.1, 0.15) is 5.76 Å². The Morgan fingerprint density at radius 3 is 2.46 bits per heavy atom. The SMILES string of the molecule is C/C=C/Cc1ccco1.OCCO. The predicted octanol–water partition coefficient (Wildman–Crippen LogP) is 1.37. The maximum Gasteiger partial charge on any atom is 0.107 e. The molecule has 0 amide bonds. The highest BCUT2D eigenvalue weighted by Gasteiger charge is 1.87. The van der Waals surface area contributed by atoms with E-state index in [9.17, 15) is 0 Å². The smallest absolute Gasteiger partial charge is 0.107 e. The van der Waals surface area contributed by atoms with Crippen molar-refractivity contribution in [3.63, 3.8) is 0 Å². The van der Waals surface area contributed by atoms with Gasteiger partial charge in [-0.2, -0.15) is 0 Å². The van der Waals surface area contributed by atoms with E-state index in [1.54, 1.807) is 6.26 Å². The van der Waals surface area contributed by atoms with Gasteiger partial charge in [0.2, 0.25) is 0 Å². The minimum Gasteiger partial charge on any atom is -0.469 e. The Morgan fingerprint density at radius 1 is 1.38 bits per heavy atom. The summed E-state index contributed by atoms with van der Waals surface area (Å²) in [7, 11) is 0. The fourth-order valence-electron chi connectivity index (χ4n) is 0.663. The zero-order valence-electron chi connectivity index (χ0n) is 7.81. The molecule has 0 aliphatic rings. The van der Waals surface area contributed by atoms with Crippen LogP contribution in [0.3, 0.4) is 0 Å². The molecule has 0 atom stereocenters. The number of hydrogen-bond donors (Lipinski definition) is 2. The Labute approximate surface area is 78.3 Å². The van der Waals surface area contributed by atoms with Crippen LogP contribution in [0.1, 0.15) is 12.7 Å². The Kier molecular flexibility index (Phi) is 8.30. The largest absolute Gasteiger partial charge is 0.469 e. The molecule has 1 rings (SSSR count). The summed E-state index contributed by atoms with van der Waals surface area (Å²) in [6, 6.07) is 3.87. The van der Waals surface area contributed by atoms with Crippen LogP contribution >= 0.6 is 0 Å². The summed E-state index contributed by atoms with van der Waals surface area (Å²) in [5.41, 5.74) is 0. The van der Waals surface area contributed by atoms with Crippen molar-refractivity contribution in [2.24, 2.45) is 0 Å². The lowest BCUT2D eigenvalue weighted by atomic mass is 10.3. The summed E-state index contributed by atoms with van der Waals surface area (Å²) >= 11 is 0. The third kappa shape index (κ3) is 7.31. The molecular weight excluding hydrogens is 168 g/mol. The van der Waals surface area contributed by atoms with Crippen LogP contribution in [0, 0.1) is 0 Å². The van der Waals surface area contributed by atoms with Crippen molar-refractivity contribution in [2.45, 2.75) is 13.3 Å². The van der Waals surface area contributed by atoms with Gasteiger partial charge in [-0.15, -0.1) is 0 Å². The quantitative estimate of drug-likeness (QED) is 0.697. The molecule has 1 aromatic heterocycles. The minimum absolute atomic E-state index is 0.125. The molecule has 2 N–H and O–H groups in total. The van der Waals surface area contributed by atoms with Gasteiger partial charge in [-0.1, -0.05) is 12.2 Å². The number of furan rings is 1. The van der Waals surface area contributed by atoms with Crippen LogP contribution in [0.4, 0.5) is 0 Å². The normalized spacial score (nSPS) is 9.77. The summed E-state index contributed by atoms with van der Waals surface area (Å²) in [5, 5.41) is 15.2. The van der Waals surface area contributed by atoms with Crippen LogP contribution in [0.5, 0.6) is 0 Å². The zero-order chi connectivity index (χ0) is 9.94. The van der Waals surface area contributed by atoms with Gasteiger partial charge in [0.15, 0.2) is 0 Å². The molecule has 0 aromatic carbocycles. The maximum atomic E-state index is 7.62. The van der Waals surface area contributed by atoms with Gasteiger partial charge in [-0.25, -0.2) is 0 Å². The van der Waals surface area contributed by atoms with Gasteiger partial charge in [-0.3, -0.25) is 0 Å². The van der Waals surface area contributed by atoms with Crippen LogP contribution in [0.2, 0.25) is 0 Å². The fourth-order valence-corrected chi connectivity index (χ4v) is 0.663. The first kappa shape index (κ1) is 11.9. The fraction of sp³-hybridized carbons (Fsp3) is 0.400. The van der Waals surface area contributed by atoms with E-state index >= 15 is 0 Å². The Balaban J connectivity index is 0.000000310. The second-order valence-corrected chi connectivity index (χ2v) is 2.30. The Hall–Kier alpha value is -1.06. The highest BCUT2D eigenvalue weighted by atomic mass is 16.3. The second kappa shape index (κ2) is 9.03. The molecular formula is C10H16O3. The van der Waals surface area contributed by atoms with Crippen molar-refractivity contribution in [1.82, 2.24) is 0 Å². The molecule has 0 saturated carbocycles. The van der Waals surface area contributed by atoms with Crippen LogP contribution in [-0.2, 0) is 6.42 Å². The zero-order valence-corrected chi connectivity index (χ0v) is 7.81. The van der Waals surface area contributed by atoms with Crippen molar-refractivity contribution in [3.8, 4) is 0 Å². The summed E-state index contributed by atoms with van der Waals surface area (Å²) in [4.78, 5) is 0. The Bertz CT molecular complexity index is 200. The molecule has 0 spiro atoms. The molecule has 0 fully saturated rings. The van der Waals surface area contributed by atoms with Crippen LogP contribution in [-0.4, -0.2) is 23.4 Å².